The number of methoxy groups -OCH3 is 1. The average molecular weight is 378 g/mol. The Hall–Kier alpha value is -2.61. The van der Waals surface area contributed by atoms with Crippen LogP contribution in [0.4, 0.5) is 0 Å². The van der Waals surface area contributed by atoms with Crippen LogP contribution in [-0.4, -0.2) is 28.2 Å². The van der Waals surface area contributed by atoms with E-state index in [1.54, 1.807) is 25.4 Å². The molecule has 0 saturated carbocycles. The van der Waals surface area contributed by atoms with Crippen molar-refractivity contribution >= 4 is 21.9 Å². The van der Waals surface area contributed by atoms with Gasteiger partial charge in [0, 0.05) is 16.2 Å². The Morgan fingerprint density at radius 2 is 2.26 bits per heavy atom. The number of nitrogens with zero attached hydrogens (tertiary/aromatic N) is 2. The van der Waals surface area contributed by atoms with Gasteiger partial charge in [-0.25, -0.2) is 4.79 Å². The SMILES string of the molecule is COc1cccc(-c2noc(COC(=O)c3cc(Br)c[nH]3)n2)c1. The summed E-state index contributed by atoms with van der Waals surface area (Å²) in [6.45, 7) is -0.105. The fraction of sp³-hybridized carbons (Fsp3) is 0.133. The lowest BCUT2D eigenvalue weighted by Crippen LogP contribution is -2.05. The molecular weight excluding hydrogens is 366 g/mol. The zero-order valence-electron chi connectivity index (χ0n) is 12.1. The van der Waals surface area contributed by atoms with E-state index in [9.17, 15) is 4.79 Å². The van der Waals surface area contributed by atoms with Gasteiger partial charge in [-0.15, -0.1) is 0 Å². The molecule has 3 rings (SSSR count). The first-order valence-corrected chi connectivity index (χ1v) is 7.43. The summed E-state index contributed by atoms with van der Waals surface area (Å²) in [6.07, 6.45) is 1.64. The van der Waals surface area contributed by atoms with E-state index in [-0.39, 0.29) is 12.5 Å². The predicted molar refractivity (Wildman–Crippen MR) is 83.9 cm³/mol. The lowest BCUT2D eigenvalue weighted by Gasteiger charge is -2.00. The quantitative estimate of drug-likeness (QED) is 0.686. The minimum absolute atomic E-state index is 0.105. The van der Waals surface area contributed by atoms with Crippen LogP contribution in [0.25, 0.3) is 11.4 Å². The highest BCUT2D eigenvalue weighted by Gasteiger charge is 2.14. The third kappa shape index (κ3) is 3.59. The molecule has 0 saturated heterocycles. The maximum Gasteiger partial charge on any atom is 0.355 e. The molecule has 7 nitrogen and oxygen atoms in total. The molecule has 0 unspecified atom stereocenters. The summed E-state index contributed by atoms with van der Waals surface area (Å²) >= 11 is 3.25. The largest absolute Gasteiger partial charge is 0.497 e. The molecule has 1 aromatic carbocycles. The molecule has 0 aliphatic rings. The molecule has 0 atom stereocenters. The van der Waals surface area contributed by atoms with Crippen LogP contribution in [0.5, 0.6) is 5.75 Å². The molecule has 2 heterocycles. The predicted octanol–water partition coefficient (Wildman–Crippen LogP) is 3.19. The summed E-state index contributed by atoms with van der Waals surface area (Å²) in [5, 5.41) is 3.87. The Kier molecular flexibility index (Phi) is 4.42. The Labute approximate surface area is 139 Å². The number of H-pyrrole nitrogens is 1. The van der Waals surface area contributed by atoms with Gasteiger partial charge in [-0.05, 0) is 34.1 Å². The van der Waals surface area contributed by atoms with E-state index in [1.165, 1.54) is 0 Å². The fourth-order valence-corrected chi connectivity index (χ4v) is 2.23. The summed E-state index contributed by atoms with van der Waals surface area (Å²) in [4.78, 5) is 18.8. The van der Waals surface area contributed by atoms with Crippen LogP contribution in [0, 0.1) is 0 Å². The van der Waals surface area contributed by atoms with Crippen LogP contribution in [0.15, 0.2) is 45.5 Å². The van der Waals surface area contributed by atoms with Crippen molar-refractivity contribution in [1.29, 1.82) is 0 Å². The molecule has 0 bridgehead atoms. The number of hydrogen-bond acceptors (Lipinski definition) is 6. The van der Waals surface area contributed by atoms with Crippen molar-refractivity contribution in [3.63, 3.8) is 0 Å². The number of ether oxygens (including phenoxy) is 2. The molecule has 0 spiro atoms. The first kappa shape index (κ1) is 15.3. The van der Waals surface area contributed by atoms with Gasteiger partial charge in [-0.3, -0.25) is 0 Å². The topological polar surface area (TPSA) is 90.2 Å². The van der Waals surface area contributed by atoms with Gasteiger partial charge < -0.3 is 19.0 Å². The summed E-state index contributed by atoms with van der Waals surface area (Å²) < 4.78 is 16.1. The highest BCUT2D eigenvalue weighted by Crippen LogP contribution is 2.21. The highest BCUT2D eigenvalue weighted by molar-refractivity contribution is 9.10. The maximum atomic E-state index is 11.8. The second kappa shape index (κ2) is 6.66. The second-order valence-electron chi connectivity index (χ2n) is 4.55. The molecule has 118 valence electrons. The highest BCUT2D eigenvalue weighted by atomic mass is 79.9. The third-order valence-electron chi connectivity index (χ3n) is 2.99. The van der Waals surface area contributed by atoms with Crippen LogP contribution >= 0.6 is 15.9 Å². The van der Waals surface area contributed by atoms with Gasteiger partial charge in [0.2, 0.25) is 5.82 Å². The number of carbonyl (C=O) groups excluding carboxylic acids is 1. The molecule has 2 aromatic heterocycles. The van der Waals surface area contributed by atoms with Gasteiger partial charge in [-0.2, -0.15) is 4.98 Å². The normalized spacial score (nSPS) is 10.5. The molecule has 1 N–H and O–H groups in total. The van der Waals surface area contributed by atoms with Crippen molar-refractivity contribution in [2.75, 3.05) is 7.11 Å². The molecule has 0 radical (unpaired) electrons. The van der Waals surface area contributed by atoms with E-state index in [0.717, 1.165) is 10.0 Å². The number of aromatic nitrogens is 3. The maximum absolute atomic E-state index is 11.8. The number of hydrogen-bond donors (Lipinski definition) is 1. The van der Waals surface area contributed by atoms with Crippen LogP contribution < -0.4 is 4.74 Å². The zero-order valence-corrected chi connectivity index (χ0v) is 13.7. The fourth-order valence-electron chi connectivity index (χ4n) is 1.88. The Balaban J connectivity index is 1.66. The number of rotatable bonds is 5. The van der Waals surface area contributed by atoms with Gasteiger partial charge in [-0.1, -0.05) is 17.3 Å². The first-order valence-electron chi connectivity index (χ1n) is 6.64. The van der Waals surface area contributed by atoms with E-state index < -0.39 is 5.97 Å². The van der Waals surface area contributed by atoms with Gasteiger partial charge in [0.25, 0.3) is 5.89 Å². The Bertz CT molecular complexity index is 828. The smallest absolute Gasteiger partial charge is 0.355 e. The van der Waals surface area contributed by atoms with E-state index in [4.69, 9.17) is 14.0 Å². The lowest BCUT2D eigenvalue weighted by molar-refractivity contribution is 0.0423. The van der Waals surface area contributed by atoms with Gasteiger partial charge in [0.05, 0.1) is 7.11 Å². The minimum Gasteiger partial charge on any atom is -0.497 e. The first-order chi connectivity index (χ1) is 11.2. The molecule has 0 aliphatic carbocycles. The van der Waals surface area contributed by atoms with Crippen molar-refractivity contribution in [2.45, 2.75) is 6.61 Å². The monoisotopic (exact) mass is 377 g/mol. The van der Waals surface area contributed by atoms with Gasteiger partial charge in [0.15, 0.2) is 6.61 Å². The molecule has 8 heteroatoms. The molecule has 0 aliphatic heterocycles. The Morgan fingerprint density at radius 1 is 1.39 bits per heavy atom. The Morgan fingerprint density at radius 3 is 3.00 bits per heavy atom. The van der Waals surface area contributed by atoms with E-state index in [2.05, 4.69) is 31.1 Å². The zero-order chi connectivity index (χ0) is 16.2. The van der Waals surface area contributed by atoms with Crippen LogP contribution in [0.1, 0.15) is 16.4 Å². The summed E-state index contributed by atoms with van der Waals surface area (Å²) in [6, 6.07) is 8.89. The van der Waals surface area contributed by atoms with E-state index in [0.29, 0.717) is 17.3 Å². The van der Waals surface area contributed by atoms with E-state index >= 15 is 0 Å². The number of aromatic amines is 1. The van der Waals surface area contributed by atoms with Crippen LogP contribution in [0.2, 0.25) is 0 Å². The number of benzene rings is 1. The van der Waals surface area contributed by atoms with Gasteiger partial charge >= 0.3 is 5.97 Å². The average Bonchev–Trinajstić information content (AvgIpc) is 3.22. The summed E-state index contributed by atoms with van der Waals surface area (Å²) in [5.41, 5.74) is 1.09. The standard InChI is InChI=1S/C15H12BrN3O4/c1-21-11-4-2-3-9(5-11)14-18-13(23-19-14)8-22-15(20)12-6-10(16)7-17-12/h2-7,17H,8H2,1H3. The number of nitrogens with one attached hydrogen (secondary N) is 1. The molecule has 0 fully saturated rings. The van der Waals surface area contributed by atoms with Crippen molar-refractivity contribution in [2.24, 2.45) is 0 Å². The molecule has 0 amide bonds. The van der Waals surface area contributed by atoms with Crippen molar-refractivity contribution in [1.82, 2.24) is 15.1 Å². The number of esters is 1. The summed E-state index contributed by atoms with van der Waals surface area (Å²) in [5.74, 6) is 0.800. The lowest BCUT2D eigenvalue weighted by atomic mass is 10.2. The minimum atomic E-state index is -0.503. The summed E-state index contributed by atoms with van der Waals surface area (Å²) in [7, 11) is 1.58. The van der Waals surface area contributed by atoms with Crippen LogP contribution in [-0.2, 0) is 11.3 Å². The van der Waals surface area contributed by atoms with E-state index in [1.807, 2.05) is 18.2 Å². The number of carbonyl (C=O) groups is 1. The van der Waals surface area contributed by atoms with Crippen molar-refractivity contribution < 1.29 is 18.8 Å². The van der Waals surface area contributed by atoms with Crippen molar-refractivity contribution in [3.05, 3.63) is 52.6 Å². The molecule has 23 heavy (non-hydrogen) atoms. The molecular formula is C15H12BrN3O4. The third-order valence-corrected chi connectivity index (χ3v) is 3.45. The van der Waals surface area contributed by atoms with Gasteiger partial charge in [0.1, 0.15) is 11.4 Å². The van der Waals surface area contributed by atoms with Crippen LogP contribution in [0.3, 0.4) is 0 Å². The molecule has 3 aromatic rings. The van der Waals surface area contributed by atoms with Crippen molar-refractivity contribution in [3.8, 4) is 17.1 Å². The second-order valence-corrected chi connectivity index (χ2v) is 5.47. The number of halogens is 1.